The fourth-order valence-corrected chi connectivity index (χ4v) is 10.5. The fraction of sp³-hybridized carbons (Fsp3) is 0.400. The first-order chi connectivity index (χ1) is 6.73. The number of rotatable bonds is 0. The second-order valence-electron chi connectivity index (χ2n) is 4.32. The summed E-state index contributed by atoms with van der Waals surface area (Å²) in [7, 11) is -1.58. The molecule has 0 atom stereocenters. The molecule has 0 N–H and O–H groups in total. The molecule has 0 radical (unpaired) electrons. The minimum atomic E-state index is -1.58. The van der Waals surface area contributed by atoms with Crippen LogP contribution < -0.4 is 5.19 Å². The smallest absolute Gasteiger partial charge is 0.0733 e. The summed E-state index contributed by atoms with van der Waals surface area (Å²) in [6.45, 7) is 4.72. The molecular formula is C10H10Br4Si. The largest absolute Gasteiger partial charge is 0.128 e. The molecule has 0 saturated carbocycles. The highest BCUT2D eigenvalue weighted by molar-refractivity contribution is 9.30. The van der Waals surface area contributed by atoms with Crippen LogP contribution >= 0.6 is 63.7 Å². The normalized spacial score (nSPS) is 24.9. The van der Waals surface area contributed by atoms with Crippen LogP contribution in [0.15, 0.2) is 24.3 Å². The van der Waals surface area contributed by atoms with Gasteiger partial charge in [0.25, 0.3) is 0 Å². The Morgan fingerprint density at radius 3 is 2.07 bits per heavy atom. The van der Waals surface area contributed by atoms with Gasteiger partial charge in [0.1, 0.15) is 14.2 Å². The van der Waals surface area contributed by atoms with Crippen LogP contribution in [0.25, 0.3) is 0 Å². The zero-order valence-corrected chi connectivity index (χ0v) is 15.7. The predicted molar refractivity (Wildman–Crippen MR) is 83.7 cm³/mol. The van der Waals surface area contributed by atoms with Gasteiger partial charge in [-0.3, -0.25) is 0 Å². The summed E-state index contributed by atoms with van der Waals surface area (Å²) in [5.74, 6) is 0. The molecule has 82 valence electrons. The molecule has 0 fully saturated rings. The first-order valence-electron chi connectivity index (χ1n) is 4.58. The lowest BCUT2D eigenvalue weighted by Gasteiger charge is -2.36. The minimum absolute atomic E-state index is 0.107. The van der Waals surface area contributed by atoms with Gasteiger partial charge < -0.3 is 0 Å². The third kappa shape index (κ3) is 1.53. The number of fused-ring (bicyclic) bond motifs is 1. The van der Waals surface area contributed by atoms with Crippen LogP contribution in [0.5, 0.6) is 0 Å². The van der Waals surface area contributed by atoms with Crippen molar-refractivity contribution in [3.8, 4) is 0 Å². The van der Waals surface area contributed by atoms with Crippen molar-refractivity contribution >= 4 is 77.0 Å². The van der Waals surface area contributed by atoms with Gasteiger partial charge in [-0.2, -0.15) is 0 Å². The van der Waals surface area contributed by atoms with Gasteiger partial charge in [-0.25, -0.2) is 0 Å². The van der Waals surface area contributed by atoms with Gasteiger partial charge in [0.2, 0.25) is 0 Å². The summed E-state index contributed by atoms with van der Waals surface area (Å²) in [5, 5.41) is 1.48. The average molecular weight is 478 g/mol. The highest BCUT2D eigenvalue weighted by Crippen LogP contribution is 2.62. The van der Waals surface area contributed by atoms with Crippen molar-refractivity contribution in [2.24, 2.45) is 0 Å². The molecule has 0 aromatic heterocycles. The quantitative estimate of drug-likeness (QED) is 0.379. The molecular weight excluding hydrogens is 468 g/mol. The molecule has 1 heterocycles. The zero-order valence-electron chi connectivity index (χ0n) is 8.32. The third-order valence-corrected chi connectivity index (χ3v) is 18.9. The second kappa shape index (κ2) is 3.67. The van der Waals surface area contributed by atoms with Crippen LogP contribution in [0.4, 0.5) is 0 Å². The molecule has 0 bridgehead atoms. The first-order valence-corrected chi connectivity index (χ1v) is 10.8. The maximum atomic E-state index is 3.85. The minimum Gasteiger partial charge on any atom is -0.0733 e. The zero-order chi connectivity index (χ0) is 11.5. The lowest BCUT2D eigenvalue weighted by atomic mass is 10.2. The average Bonchev–Trinajstić information content (AvgIpc) is 2.26. The van der Waals surface area contributed by atoms with Crippen molar-refractivity contribution in [2.45, 2.75) is 19.2 Å². The van der Waals surface area contributed by atoms with E-state index in [1.165, 1.54) is 10.8 Å². The number of hydrogen-bond donors (Lipinski definition) is 0. The Morgan fingerprint density at radius 1 is 1.00 bits per heavy atom. The van der Waals surface area contributed by atoms with Crippen molar-refractivity contribution < 1.29 is 0 Å². The number of alkyl halides is 4. The molecule has 0 nitrogen and oxygen atoms in total. The van der Waals surface area contributed by atoms with E-state index in [0.29, 0.717) is 0 Å². The second-order valence-corrected chi connectivity index (χ2v) is 17.2. The highest BCUT2D eigenvalue weighted by atomic mass is 79.9. The molecule has 1 aromatic carbocycles. The van der Waals surface area contributed by atoms with Crippen LogP contribution in [-0.4, -0.2) is 10.9 Å². The van der Waals surface area contributed by atoms with E-state index >= 15 is 0 Å². The van der Waals surface area contributed by atoms with Gasteiger partial charge in [-0.15, -0.1) is 0 Å². The lowest BCUT2D eigenvalue weighted by molar-refractivity contribution is 1.01. The van der Waals surface area contributed by atoms with Gasteiger partial charge in [-0.05, 0) is 5.56 Å². The first kappa shape index (κ1) is 12.8. The topological polar surface area (TPSA) is 0 Å². The lowest BCUT2D eigenvalue weighted by Crippen LogP contribution is -2.53. The Bertz CT molecular complexity index is 375. The highest BCUT2D eigenvalue weighted by Gasteiger charge is 2.63. The van der Waals surface area contributed by atoms with Gasteiger partial charge in [0.15, 0.2) is 0 Å². The Labute approximate surface area is 125 Å². The van der Waals surface area contributed by atoms with Gasteiger partial charge >= 0.3 is 0 Å². The van der Waals surface area contributed by atoms with Crippen molar-refractivity contribution in [3.05, 3.63) is 29.8 Å². The Kier molecular flexibility index (Phi) is 3.14. The molecule has 0 spiro atoms. The number of halogens is 4. The molecule has 2 rings (SSSR count). The Hall–Kier alpha value is 1.36. The van der Waals surface area contributed by atoms with Gasteiger partial charge in [0, 0.05) is 0 Å². The van der Waals surface area contributed by atoms with E-state index in [0.717, 1.165) is 0 Å². The third-order valence-electron chi connectivity index (χ3n) is 3.12. The van der Waals surface area contributed by atoms with E-state index in [9.17, 15) is 0 Å². The van der Waals surface area contributed by atoms with Crippen molar-refractivity contribution in [3.63, 3.8) is 0 Å². The van der Waals surface area contributed by atoms with Crippen molar-refractivity contribution in [1.29, 1.82) is 0 Å². The fourth-order valence-electron chi connectivity index (χ4n) is 2.03. The van der Waals surface area contributed by atoms with E-state index in [-0.39, 0.29) is 6.09 Å². The maximum Gasteiger partial charge on any atom is 0.128 e. The molecule has 1 aliphatic rings. The van der Waals surface area contributed by atoms with Gasteiger partial charge in [0.05, 0.1) is 0 Å². The molecule has 15 heavy (non-hydrogen) atoms. The van der Waals surface area contributed by atoms with Crippen LogP contribution in [-0.2, 0) is 3.23 Å². The standard InChI is InChI=1S/C10H10Br4Si/c1-15(2)8-6-4-3-5-7(8)9(11,12)10(15,13)14/h3-6H,1-2H3. The van der Waals surface area contributed by atoms with Crippen LogP contribution in [0.2, 0.25) is 13.1 Å². The Morgan fingerprint density at radius 2 is 1.53 bits per heavy atom. The van der Waals surface area contributed by atoms with E-state index in [4.69, 9.17) is 0 Å². The molecule has 0 saturated heterocycles. The van der Waals surface area contributed by atoms with E-state index < -0.39 is 8.07 Å². The predicted octanol–water partition coefficient (Wildman–Crippen LogP) is 4.58. The summed E-state index contributed by atoms with van der Waals surface area (Å²) >= 11 is 15.3. The summed E-state index contributed by atoms with van der Waals surface area (Å²) < 4.78 is -0.330. The van der Waals surface area contributed by atoms with Crippen LogP contribution in [0, 0.1) is 0 Å². The molecule has 1 aromatic rings. The number of benzene rings is 1. The van der Waals surface area contributed by atoms with Crippen LogP contribution in [0.3, 0.4) is 0 Å². The van der Waals surface area contributed by atoms with Crippen molar-refractivity contribution in [2.75, 3.05) is 0 Å². The summed E-state index contributed by atoms with van der Waals surface area (Å²) in [6, 6.07) is 8.62. The van der Waals surface area contributed by atoms with E-state index in [1.807, 2.05) is 0 Å². The molecule has 1 aliphatic heterocycles. The van der Waals surface area contributed by atoms with E-state index in [2.05, 4.69) is 101 Å². The van der Waals surface area contributed by atoms with E-state index in [1.54, 1.807) is 0 Å². The summed E-state index contributed by atoms with van der Waals surface area (Å²) in [5.41, 5.74) is 1.33. The summed E-state index contributed by atoms with van der Waals surface area (Å²) in [4.78, 5) is 0. The van der Waals surface area contributed by atoms with Gasteiger partial charge in [-0.1, -0.05) is 106 Å². The molecule has 0 unspecified atom stereocenters. The SMILES string of the molecule is C[Si]1(C)c2ccccc2C(Br)(Br)C1(Br)Br. The molecule has 0 amide bonds. The number of hydrogen-bond acceptors (Lipinski definition) is 0. The molecule has 0 aliphatic carbocycles. The van der Waals surface area contributed by atoms with Crippen LogP contribution in [0.1, 0.15) is 5.56 Å². The Balaban J connectivity index is 2.78. The van der Waals surface area contributed by atoms with Crippen molar-refractivity contribution in [1.82, 2.24) is 0 Å². The maximum absolute atomic E-state index is 3.85. The summed E-state index contributed by atoms with van der Waals surface area (Å²) in [6.07, 6.45) is 0. The monoisotopic (exact) mass is 474 g/mol. The molecule has 5 heteroatoms.